The summed E-state index contributed by atoms with van der Waals surface area (Å²) in [6.45, 7) is 6.46. The maximum absolute atomic E-state index is 12.9. The summed E-state index contributed by atoms with van der Waals surface area (Å²) in [5.41, 5.74) is 0. The topological polar surface area (TPSA) is 78.9 Å². The van der Waals surface area contributed by atoms with E-state index in [1.807, 2.05) is 0 Å². The van der Waals surface area contributed by atoms with E-state index in [1.54, 1.807) is 0 Å². The lowest BCUT2D eigenvalue weighted by molar-refractivity contribution is -0.167. The highest BCUT2D eigenvalue weighted by Crippen LogP contribution is 2.17. The average molecular weight is 1150 g/mol. The predicted molar refractivity (Wildman–Crippen MR) is 362 cm³/mol. The molecule has 6 heteroatoms. The van der Waals surface area contributed by atoms with Crippen molar-refractivity contribution >= 4 is 17.9 Å². The van der Waals surface area contributed by atoms with Crippen molar-refractivity contribution < 1.29 is 28.6 Å². The number of carbonyl (C=O) groups is 3. The summed E-state index contributed by atoms with van der Waals surface area (Å²) in [5.74, 6) is -0.970. The number of rotatable bonds is 62. The molecule has 1 unspecified atom stereocenters. The van der Waals surface area contributed by atoms with Crippen LogP contribution in [-0.4, -0.2) is 37.2 Å². The van der Waals surface area contributed by atoms with E-state index in [-0.39, 0.29) is 37.5 Å². The first kappa shape index (κ1) is 78.5. The van der Waals surface area contributed by atoms with Gasteiger partial charge in [-0.25, -0.2) is 0 Å². The monoisotopic (exact) mass is 1150 g/mol. The summed E-state index contributed by atoms with van der Waals surface area (Å²) in [6, 6.07) is 0. The smallest absolute Gasteiger partial charge is 0.306 e. The third-order valence-electron chi connectivity index (χ3n) is 14.6. The van der Waals surface area contributed by atoms with Crippen molar-refractivity contribution in [3.05, 3.63) is 134 Å². The van der Waals surface area contributed by atoms with Crippen LogP contribution in [-0.2, 0) is 28.6 Å². The fourth-order valence-corrected chi connectivity index (χ4v) is 9.46. The Balaban J connectivity index is 4.43. The van der Waals surface area contributed by atoms with Crippen LogP contribution >= 0.6 is 0 Å². The Morgan fingerprint density at radius 2 is 0.494 bits per heavy atom. The Bertz CT molecular complexity index is 1750. The van der Waals surface area contributed by atoms with E-state index < -0.39 is 6.10 Å². The van der Waals surface area contributed by atoms with Crippen LogP contribution in [0.5, 0.6) is 0 Å². The number of unbranched alkanes of at least 4 members (excludes halogenated alkanes) is 29. The number of esters is 3. The fourth-order valence-electron chi connectivity index (χ4n) is 9.46. The summed E-state index contributed by atoms with van der Waals surface area (Å²) in [4.78, 5) is 38.4. The summed E-state index contributed by atoms with van der Waals surface area (Å²) in [5, 5.41) is 0. The van der Waals surface area contributed by atoms with Crippen LogP contribution in [0.4, 0.5) is 0 Å². The van der Waals surface area contributed by atoms with Gasteiger partial charge in [0.25, 0.3) is 0 Å². The van der Waals surface area contributed by atoms with Crippen molar-refractivity contribution in [1.82, 2.24) is 0 Å². The van der Waals surface area contributed by atoms with Gasteiger partial charge in [0.05, 0.1) is 0 Å². The standard InChI is InChI=1S/C77H128O6/c1-4-7-10-13-16-19-22-25-28-30-32-34-36-37-38-39-40-41-42-44-45-47-49-52-55-58-61-64-67-70-76(79)82-73-74(72-81-75(78)69-66-63-60-57-54-51-27-24-21-18-15-12-9-6-3)83-77(80)71-68-65-62-59-56-53-50-48-46-43-35-33-31-29-26-23-20-17-14-11-8-5-2/h7,10,15-16,18-19,24-25,27-28,32,34,37-38,40-41,44-45,49,52,58,61,74H,4-6,8-9,11-14,17,20-23,26,29-31,33,35-36,39,42-43,46-48,50-51,53-57,59-60,62-73H2,1-3H3/b10-7-,18-15-,19-16-,27-24-,28-25-,34-32-,38-37-,41-40-,45-44-,52-49-,61-58-. The van der Waals surface area contributed by atoms with Gasteiger partial charge >= 0.3 is 17.9 Å². The molecule has 0 heterocycles. The molecule has 0 radical (unpaired) electrons. The minimum absolute atomic E-state index is 0.104. The molecule has 0 fully saturated rings. The molecule has 0 saturated heterocycles. The van der Waals surface area contributed by atoms with Crippen LogP contribution < -0.4 is 0 Å². The highest BCUT2D eigenvalue weighted by Gasteiger charge is 2.19. The molecule has 0 bridgehead atoms. The first-order valence-corrected chi connectivity index (χ1v) is 34.7. The quantitative estimate of drug-likeness (QED) is 0.0261. The van der Waals surface area contributed by atoms with Gasteiger partial charge < -0.3 is 14.2 Å². The van der Waals surface area contributed by atoms with Gasteiger partial charge in [0.15, 0.2) is 6.10 Å². The number of hydrogen-bond donors (Lipinski definition) is 0. The Hall–Kier alpha value is -4.45. The van der Waals surface area contributed by atoms with Crippen LogP contribution in [0.2, 0.25) is 0 Å². The molecule has 0 aromatic heterocycles. The molecule has 0 aliphatic carbocycles. The molecule has 0 aliphatic rings. The molecule has 0 aliphatic heterocycles. The molecule has 1 atom stereocenters. The molecule has 0 rings (SSSR count). The van der Waals surface area contributed by atoms with Crippen molar-refractivity contribution in [2.75, 3.05) is 13.2 Å². The van der Waals surface area contributed by atoms with Crippen LogP contribution in [0, 0.1) is 0 Å². The zero-order chi connectivity index (χ0) is 59.9. The molecule has 0 N–H and O–H groups in total. The number of ether oxygens (including phenoxy) is 3. The van der Waals surface area contributed by atoms with Gasteiger partial charge in [-0.2, -0.15) is 0 Å². The Morgan fingerprint density at radius 3 is 0.819 bits per heavy atom. The zero-order valence-electron chi connectivity index (χ0n) is 54.2. The van der Waals surface area contributed by atoms with Crippen molar-refractivity contribution in [1.29, 1.82) is 0 Å². The summed E-state index contributed by atoms with van der Waals surface area (Å²) >= 11 is 0. The van der Waals surface area contributed by atoms with Crippen molar-refractivity contribution in [3.63, 3.8) is 0 Å². The molecule has 472 valence electrons. The third-order valence-corrected chi connectivity index (χ3v) is 14.6. The van der Waals surface area contributed by atoms with E-state index in [4.69, 9.17) is 14.2 Å². The zero-order valence-corrected chi connectivity index (χ0v) is 54.2. The minimum Gasteiger partial charge on any atom is -0.462 e. The number of carbonyl (C=O) groups excluding carboxylic acids is 3. The lowest BCUT2D eigenvalue weighted by Crippen LogP contribution is -2.30. The number of allylic oxidation sites excluding steroid dienone is 22. The van der Waals surface area contributed by atoms with Gasteiger partial charge in [-0.05, 0) is 109 Å². The largest absolute Gasteiger partial charge is 0.462 e. The summed E-state index contributed by atoms with van der Waals surface area (Å²) in [7, 11) is 0. The lowest BCUT2D eigenvalue weighted by Gasteiger charge is -2.18. The van der Waals surface area contributed by atoms with Crippen LogP contribution in [0.3, 0.4) is 0 Å². The summed E-state index contributed by atoms with van der Waals surface area (Å²) in [6.07, 6.45) is 99.1. The number of hydrogen-bond acceptors (Lipinski definition) is 6. The van der Waals surface area contributed by atoms with E-state index in [9.17, 15) is 14.4 Å². The van der Waals surface area contributed by atoms with Gasteiger partial charge in [0.2, 0.25) is 0 Å². The van der Waals surface area contributed by atoms with E-state index in [0.29, 0.717) is 19.3 Å². The highest BCUT2D eigenvalue weighted by molar-refractivity contribution is 5.71. The second-order valence-electron chi connectivity index (χ2n) is 22.7. The first-order chi connectivity index (χ1) is 41.0. The van der Waals surface area contributed by atoms with Crippen molar-refractivity contribution in [2.24, 2.45) is 0 Å². The highest BCUT2D eigenvalue weighted by atomic mass is 16.6. The van der Waals surface area contributed by atoms with Gasteiger partial charge in [-0.3, -0.25) is 14.4 Å². The minimum atomic E-state index is -0.812. The molecule has 6 nitrogen and oxygen atoms in total. The summed E-state index contributed by atoms with van der Waals surface area (Å²) < 4.78 is 16.9. The maximum atomic E-state index is 12.9. The molecular formula is C77H128O6. The maximum Gasteiger partial charge on any atom is 0.306 e. The van der Waals surface area contributed by atoms with E-state index in [2.05, 4.69) is 154 Å². The van der Waals surface area contributed by atoms with Gasteiger partial charge in [-0.1, -0.05) is 321 Å². The molecule has 0 aromatic carbocycles. The van der Waals surface area contributed by atoms with Crippen molar-refractivity contribution in [3.8, 4) is 0 Å². The van der Waals surface area contributed by atoms with Gasteiger partial charge in [0.1, 0.15) is 13.2 Å². The van der Waals surface area contributed by atoms with Gasteiger partial charge in [-0.15, -0.1) is 0 Å². The SMILES string of the molecule is CC/C=C\C/C=C\C/C=C\C/C=C\C/C=C\C/C=C\C/C=C\C/C=C\C/C=C\CCCC(=O)OCC(COC(=O)CCCCCCC/C=C\C/C=C\CCCC)OC(=O)CCCCCCCCCCCCCCCCCCCCCCCC. The second-order valence-corrected chi connectivity index (χ2v) is 22.7. The average Bonchev–Trinajstić information content (AvgIpc) is 3.49. The van der Waals surface area contributed by atoms with Gasteiger partial charge in [0, 0.05) is 19.3 Å². The first-order valence-electron chi connectivity index (χ1n) is 34.7. The van der Waals surface area contributed by atoms with Crippen LogP contribution in [0.15, 0.2) is 134 Å². The van der Waals surface area contributed by atoms with E-state index >= 15 is 0 Å². The Morgan fingerprint density at radius 1 is 0.253 bits per heavy atom. The fraction of sp³-hybridized carbons (Fsp3) is 0.675. The van der Waals surface area contributed by atoms with Crippen LogP contribution in [0.25, 0.3) is 0 Å². The normalized spacial score (nSPS) is 13.0. The molecular weight excluding hydrogens is 1020 g/mol. The third kappa shape index (κ3) is 68.2. The molecule has 0 aromatic rings. The second kappa shape index (κ2) is 70.0. The van der Waals surface area contributed by atoms with Crippen LogP contribution in [0.1, 0.15) is 316 Å². The predicted octanol–water partition coefficient (Wildman–Crippen LogP) is 24.1. The molecule has 0 amide bonds. The molecule has 83 heavy (non-hydrogen) atoms. The molecule has 0 spiro atoms. The van der Waals surface area contributed by atoms with E-state index in [0.717, 1.165) is 128 Å². The van der Waals surface area contributed by atoms with E-state index in [1.165, 1.54) is 141 Å². The lowest BCUT2D eigenvalue weighted by atomic mass is 10.0. The van der Waals surface area contributed by atoms with Crippen molar-refractivity contribution in [2.45, 2.75) is 322 Å². The Kier molecular flexibility index (Phi) is 66.3. The molecule has 0 saturated carbocycles. The Labute approximate surface area is 513 Å².